The molecule has 1 radical (unpaired) electrons. The van der Waals surface area contributed by atoms with Crippen LogP contribution in [0.1, 0.15) is 11.1 Å². The summed E-state index contributed by atoms with van der Waals surface area (Å²) < 4.78 is 5.74. The molecule has 0 spiro atoms. The zero-order valence-electron chi connectivity index (χ0n) is 12.7. The fourth-order valence-corrected chi connectivity index (χ4v) is 2.09. The first-order valence-electron chi connectivity index (χ1n) is 7.11. The van der Waals surface area contributed by atoms with Crippen LogP contribution in [0.3, 0.4) is 0 Å². The fraction of sp³-hybridized carbons (Fsp3) is 0.105. The van der Waals surface area contributed by atoms with Gasteiger partial charge in [0.2, 0.25) is 0 Å². The van der Waals surface area contributed by atoms with Crippen LogP contribution in [0.15, 0.2) is 66.9 Å². The fourth-order valence-electron chi connectivity index (χ4n) is 2.09. The van der Waals surface area contributed by atoms with Gasteiger partial charge in [0.25, 0.3) is 0 Å². The smallest absolute Gasteiger partial charge is 0.0708 e. The van der Waals surface area contributed by atoms with E-state index in [4.69, 9.17) is 4.74 Å². The molecule has 0 aliphatic rings. The number of nitrogens with one attached hydrogen (secondary N) is 1. The van der Waals surface area contributed by atoms with Crippen molar-refractivity contribution in [3.63, 3.8) is 0 Å². The van der Waals surface area contributed by atoms with E-state index in [1.807, 2.05) is 48.5 Å². The summed E-state index contributed by atoms with van der Waals surface area (Å²) in [5, 5.41) is 3.25. The van der Waals surface area contributed by atoms with Crippen LogP contribution in [0.4, 0.5) is 11.5 Å². The molecule has 1 heterocycles. The predicted molar refractivity (Wildman–Crippen MR) is 86.6 cm³/mol. The Morgan fingerprint density at radius 2 is 1.78 bits per heavy atom. The van der Waals surface area contributed by atoms with Crippen molar-refractivity contribution in [2.24, 2.45) is 0 Å². The monoisotopic (exact) mass is 377 g/mol. The SMILES string of the molecule is [Y].[c-]1cccc(COCc2cccc(Nc3c[c-]ccn3)c2)c1. The van der Waals surface area contributed by atoms with Crippen LogP contribution in [-0.2, 0) is 50.7 Å². The zero-order valence-corrected chi connectivity index (χ0v) is 15.5. The Bertz CT molecular complexity index is 705. The van der Waals surface area contributed by atoms with Gasteiger partial charge in [-0.15, -0.1) is 11.6 Å². The molecule has 0 aliphatic heterocycles. The minimum Gasteiger partial charge on any atom is -0.393 e. The maximum Gasteiger partial charge on any atom is 0.0708 e. The number of ether oxygens (including phenoxy) is 1. The number of aromatic nitrogens is 1. The number of rotatable bonds is 6. The van der Waals surface area contributed by atoms with E-state index in [-0.39, 0.29) is 32.7 Å². The zero-order chi connectivity index (χ0) is 15.0. The minimum atomic E-state index is 0. The van der Waals surface area contributed by atoms with Gasteiger partial charge in [0, 0.05) is 50.8 Å². The molecule has 2 aromatic carbocycles. The number of benzene rings is 2. The Labute approximate surface area is 162 Å². The van der Waals surface area contributed by atoms with Crippen LogP contribution < -0.4 is 5.32 Å². The molecular formula is C19H16N2OY-2. The van der Waals surface area contributed by atoms with E-state index in [9.17, 15) is 0 Å². The van der Waals surface area contributed by atoms with Gasteiger partial charge in [-0.1, -0.05) is 18.3 Å². The van der Waals surface area contributed by atoms with Gasteiger partial charge in [0.1, 0.15) is 0 Å². The van der Waals surface area contributed by atoms with Gasteiger partial charge in [-0.05, 0) is 17.7 Å². The maximum absolute atomic E-state index is 5.74. The third kappa shape index (κ3) is 5.87. The third-order valence-electron chi connectivity index (χ3n) is 3.11. The molecular weight excluding hydrogens is 361 g/mol. The molecule has 113 valence electrons. The second-order valence-electron chi connectivity index (χ2n) is 4.87. The van der Waals surface area contributed by atoms with Gasteiger partial charge >= 0.3 is 0 Å². The molecule has 3 rings (SSSR count). The first-order valence-corrected chi connectivity index (χ1v) is 7.11. The topological polar surface area (TPSA) is 34.1 Å². The second kappa shape index (κ2) is 9.56. The minimum absolute atomic E-state index is 0. The second-order valence-corrected chi connectivity index (χ2v) is 4.87. The van der Waals surface area contributed by atoms with Crippen LogP contribution in [0, 0.1) is 12.1 Å². The van der Waals surface area contributed by atoms with Crippen molar-refractivity contribution < 1.29 is 37.4 Å². The standard InChI is InChI=1S/C19H16N2O.Y/c1-2-7-16(8-3-1)14-22-15-17-9-6-10-18(13-17)21-19-11-4-5-12-20-19;/h1-2,5-13H,14-15H2,(H,20,21);/q-2;. The largest absolute Gasteiger partial charge is 0.393 e. The van der Waals surface area contributed by atoms with Crippen LogP contribution in [0.25, 0.3) is 0 Å². The van der Waals surface area contributed by atoms with Gasteiger partial charge in [-0.25, -0.2) is 0 Å². The Morgan fingerprint density at radius 3 is 2.57 bits per heavy atom. The molecule has 1 N–H and O–H groups in total. The summed E-state index contributed by atoms with van der Waals surface area (Å²) in [6, 6.07) is 25.6. The van der Waals surface area contributed by atoms with E-state index in [2.05, 4.69) is 28.5 Å². The molecule has 0 saturated carbocycles. The molecule has 0 bridgehead atoms. The number of anilines is 2. The van der Waals surface area contributed by atoms with Gasteiger partial charge < -0.3 is 15.0 Å². The molecule has 3 nitrogen and oxygen atoms in total. The van der Waals surface area contributed by atoms with E-state index in [1.54, 1.807) is 12.3 Å². The van der Waals surface area contributed by atoms with Crippen LogP contribution >= 0.6 is 0 Å². The van der Waals surface area contributed by atoms with Gasteiger partial charge in [0.15, 0.2) is 0 Å². The summed E-state index contributed by atoms with van der Waals surface area (Å²) >= 11 is 0. The number of pyridine rings is 1. The number of hydrogen-bond acceptors (Lipinski definition) is 3. The summed E-state index contributed by atoms with van der Waals surface area (Å²) in [5.41, 5.74) is 3.23. The van der Waals surface area contributed by atoms with E-state index >= 15 is 0 Å². The van der Waals surface area contributed by atoms with Crippen molar-refractivity contribution in [1.82, 2.24) is 4.98 Å². The van der Waals surface area contributed by atoms with E-state index in [0.29, 0.717) is 13.2 Å². The van der Waals surface area contributed by atoms with Crippen LogP contribution in [0.2, 0.25) is 0 Å². The molecule has 4 heteroatoms. The molecule has 0 saturated heterocycles. The summed E-state index contributed by atoms with van der Waals surface area (Å²) in [7, 11) is 0. The van der Waals surface area contributed by atoms with Crippen molar-refractivity contribution in [3.8, 4) is 0 Å². The van der Waals surface area contributed by atoms with Crippen molar-refractivity contribution >= 4 is 11.5 Å². The molecule has 3 aromatic rings. The molecule has 0 fully saturated rings. The third-order valence-corrected chi connectivity index (χ3v) is 3.11. The molecule has 0 atom stereocenters. The number of nitrogens with zero attached hydrogens (tertiary/aromatic N) is 1. The quantitative estimate of drug-likeness (QED) is 0.656. The number of hydrogen-bond donors (Lipinski definition) is 1. The van der Waals surface area contributed by atoms with Gasteiger partial charge in [0.05, 0.1) is 6.61 Å². The van der Waals surface area contributed by atoms with Gasteiger partial charge in [-0.2, -0.15) is 42.5 Å². The van der Waals surface area contributed by atoms with E-state index in [1.165, 1.54) is 0 Å². The molecule has 0 amide bonds. The molecule has 1 aromatic heterocycles. The molecule has 0 unspecified atom stereocenters. The normalized spacial score (nSPS) is 9.91. The predicted octanol–water partition coefficient (Wildman–Crippen LogP) is 4.14. The maximum atomic E-state index is 5.74. The Morgan fingerprint density at radius 1 is 0.957 bits per heavy atom. The summed E-state index contributed by atoms with van der Waals surface area (Å²) in [6.45, 7) is 1.16. The van der Waals surface area contributed by atoms with Crippen LogP contribution in [0.5, 0.6) is 0 Å². The Hall–Kier alpha value is -1.55. The summed E-state index contributed by atoms with van der Waals surface area (Å²) in [6.07, 6.45) is 1.71. The first kappa shape index (κ1) is 17.8. The Balaban J connectivity index is 0.00000192. The summed E-state index contributed by atoms with van der Waals surface area (Å²) in [5.74, 6) is 0.778. The van der Waals surface area contributed by atoms with Crippen molar-refractivity contribution in [2.45, 2.75) is 13.2 Å². The van der Waals surface area contributed by atoms with Gasteiger partial charge in [-0.3, -0.25) is 0 Å². The van der Waals surface area contributed by atoms with Crippen molar-refractivity contribution in [3.05, 3.63) is 90.1 Å². The first-order chi connectivity index (χ1) is 10.9. The van der Waals surface area contributed by atoms with Crippen molar-refractivity contribution in [1.29, 1.82) is 0 Å². The Kier molecular flexibility index (Phi) is 7.40. The van der Waals surface area contributed by atoms with E-state index < -0.39 is 0 Å². The van der Waals surface area contributed by atoms with E-state index in [0.717, 1.165) is 22.6 Å². The molecule has 23 heavy (non-hydrogen) atoms. The average molecular weight is 377 g/mol. The van der Waals surface area contributed by atoms with Crippen LogP contribution in [-0.4, -0.2) is 4.98 Å². The summed E-state index contributed by atoms with van der Waals surface area (Å²) in [4.78, 5) is 4.23. The average Bonchev–Trinajstić information content (AvgIpc) is 2.57. The molecule has 0 aliphatic carbocycles. The van der Waals surface area contributed by atoms with Crippen molar-refractivity contribution in [2.75, 3.05) is 5.32 Å².